The maximum Gasteiger partial charge on any atom is 0.241 e. The molecule has 0 amide bonds. The number of rotatable bonds is 8. The second-order valence-corrected chi connectivity index (χ2v) is 8.94. The van der Waals surface area contributed by atoms with Crippen LogP contribution in [0.15, 0.2) is 47.4 Å². The molecule has 27 heavy (non-hydrogen) atoms. The minimum absolute atomic E-state index is 0.288. The first-order valence-corrected chi connectivity index (χ1v) is 10.2. The van der Waals surface area contributed by atoms with Gasteiger partial charge in [-0.25, -0.2) is 13.1 Å². The van der Waals surface area contributed by atoms with Crippen molar-refractivity contribution in [2.45, 2.75) is 44.3 Å². The Morgan fingerprint density at radius 1 is 0.926 bits per heavy atom. The van der Waals surface area contributed by atoms with E-state index >= 15 is 0 Å². The van der Waals surface area contributed by atoms with Crippen LogP contribution in [0.5, 0.6) is 11.5 Å². The van der Waals surface area contributed by atoms with Gasteiger partial charge in [-0.15, -0.1) is 0 Å². The lowest BCUT2D eigenvalue weighted by molar-refractivity contribution is 0.393. The summed E-state index contributed by atoms with van der Waals surface area (Å²) in [5, 5.41) is 3.29. The number of ether oxygens (including phenoxy) is 2. The van der Waals surface area contributed by atoms with Crippen LogP contribution in [0.1, 0.15) is 31.9 Å². The second-order valence-electron chi connectivity index (χ2n) is 7.29. The largest absolute Gasteiger partial charge is 0.497 e. The summed E-state index contributed by atoms with van der Waals surface area (Å²) in [4.78, 5) is 0.288. The van der Waals surface area contributed by atoms with Crippen LogP contribution in [-0.4, -0.2) is 28.2 Å². The number of nitrogens with one attached hydrogen (secondary N) is 2. The summed E-state index contributed by atoms with van der Waals surface area (Å²) >= 11 is 0. The fourth-order valence-corrected chi connectivity index (χ4v) is 4.34. The summed E-state index contributed by atoms with van der Waals surface area (Å²) in [6, 6.07) is 12.6. The minimum atomic E-state index is -3.60. The highest BCUT2D eigenvalue weighted by Gasteiger charge is 2.24. The molecule has 0 atom stereocenters. The Morgan fingerprint density at radius 2 is 1.52 bits per heavy atom. The zero-order chi connectivity index (χ0) is 20.1. The van der Waals surface area contributed by atoms with E-state index < -0.39 is 15.6 Å². The first kappa shape index (κ1) is 21.2. The van der Waals surface area contributed by atoms with Crippen LogP contribution in [0.25, 0.3) is 0 Å². The van der Waals surface area contributed by atoms with Gasteiger partial charge in [-0.05, 0) is 50.1 Å². The minimum Gasteiger partial charge on any atom is -0.497 e. The molecule has 0 heterocycles. The average Bonchev–Trinajstić information content (AvgIpc) is 2.59. The van der Waals surface area contributed by atoms with Crippen LogP contribution in [-0.2, 0) is 23.1 Å². The van der Waals surface area contributed by atoms with Gasteiger partial charge in [-0.1, -0.05) is 18.2 Å². The lowest BCUT2D eigenvalue weighted by Gasteiger charge is -2.21. The first-order valence-electron chi connectivity index (χ1n) is 8.69. The predicted molar refractivity (Wildman–Crippen MR) is 107 cm³/mol. The third-order valence-corrected chi connectivity index (χ3v) is 5.62. The van der Waals surface area contributed by atoms with Gasteiger partial charge in [-0.3, -0.25) is 0 Å². The number of sulfonamides is 1. The van der Waals surface area contributed by atoms with Gasteiger partial charge in [0.15, 0.2) is 0 Å². The Labute approximate surface area is 161 Å². The molecule has 0 saturated heterocycles. The molecule has 2 aromatic carbocycles. The molecule has 0 aliphatic carbocycles. The summed E-state index contributed by atoms with van der Waals surface area (Å²) in [6.07, 6.45) is 0. The van der Waals surface area contributed by atoms with Crippen molar-refractivity contribution in [3.63, 3.8) is 0 Å². The highest BCUT2D eigenvalue weighted by molar-refractivity contribution is 7.89. The molecule has 0 aliphatic rings. The summed E-state index contributed by atoms with van der Waals surface area (Å²) in [5.41, 5.74) is 1.15. The van der Waals surface area contributed by atoms with Crippen LogP contribution >= 0.6 is 0 Å². The molecule has 0 spiro atoms. The SMILES string of the molecule is COc1cc(CNCc2ccccc2S(=O)(=O)NC(C)(C)C)cc(OC)c1. The number of hydrogen-bond donors (Lipinski definition) is 2. The van der Waals surface area contributed by atoms with Crippen molar-refractivity contribution < 1.29 is 17.9 Å². The van der Waals surface area contributed by atoms with E-state index in [1.165, 1.54) is 0 Å². The fourth-order valence-electron chi connectivity index (χ4n) is 2.68. The molecule has 148 valence electrons. The molecule has 2 aromatic rings. The number of hydrogen-bond acceptors (Lipinski definition) is 5. The zero-order valence-corrected chi connectivity index (χ0v) is 17.3. The van der Waals surface area contributed by atoms with Crippen molar-refractivity contribution in [1.29, 1.82) is 0 Å². The Hall–Kier alpha value is -2.09. The normalized spacial score (nSPS) is 12.0. The van der Waals surface area contributed by atoms with E-state index in [1.54, 1.807) is 26.4 Å². The summed E-state index contributed by atoms with van der Waals surface area (Å²) in [6.45, 7) is 6.43. The van der Waals surface area contributed by atoms with Crippen LogP contribution in [0.4, 0.5) is 0 Å². The topological polar surface area (TPSA) is 76.7 Å². The van der Waals surface area contributed by atoms with Crippen molar-refractivity contribution in [1.82, 2.24) is 10.0 Å². The molecule has 6 nitrogen and oxygen atoms in total. The van der Waals surface area contributed by atoms with Crippen molar-refractivity contribution in [3.05, 3.63) is 53.6 Å². The van der Waals surface area contributed by atoms with Crippen LogP contribution in [0.2, 0.25) is 0 Å². The molecule has 0 radical (unpaired) electrons. The number of methoxy groups -OCH3 is 2. The van der Waals surface area contributed by atoms with Gasteiger partial charge in [0.05, 0.1) is 19.1 Å². The molecular weight excluding hydrogens is 364 g/mol. The van der Waals surface area contributed by atoms with Gasteiger partial charge in [0.25, 0.3) is 0 Å². The van der Waals surface area contributed by atoms with Crippen LogP contribution in [0, 0.1) is 0 Å². The van der Waals surface area contributed by atoms with E-state index in [2.05, 4.69) is 10.0 Å². The van der Waals surface area contributed by atoms with E-state index in [-0.39, 0.29) is 4.90 Å². The van der Waals surface area contributed by atoms with Crippen LogP contribution in [0.3, 0.4) is 0 Å². The van der Waals surface area contributed by atoms with Gasteiger partial charge < -0.3 is 14.8 Å². The lowest BCUT2D eigenvalue weighted by Crippen LogP contribution is -2.40. The lowest BCUT2D eigenvalue weighted by atomic mass is 10.1. The maximum absolute atomic E-state index is 12.7. The molecule has 0 aromatic heterocycles. The maximum atomic E-state index is 12.7. The van der Waals surface area contributed by atoms with Gasteiger partial charge in [0.2, 0.25) is 10.0 Å². The van der Waals surface area contributed by atoms with Crippen molar-refractivity contribution in [2.24, 2.45) is 0 Å². The first-order chi connectivity index (χ1) is 12.6. The third-order valence-electron chi connectivity index (χ3n) is 3.76. The van der Waals surface area contributed by atoms with E-state index in [4.69, 9.17) is 9.47 Å². The van der Waals surface area contributed by atoms with E-state index in [0.717, 1.165) is 5.56 Å². The smallest absolute Gasteiger partial charge is 0.241 e. The Balaban J connectivity index is 2.14. The van der Waals surface area contributed by atoms with Crippen molar-refractivity contribution in [3.8, 4) is 11.5 Å². The molecular formula is C20H28N2O4S. The number of benzene rings is 2. The summed E-state index contributed by atoms with van der Waals surface area (Å²) < 4.78 is 38.6. The fraction of sp³-hybridized carbons (Fsp3) is 0.400. The molecule has 0 aliphatic heterocycles. The molecule has 0 unspecified atom stereocenters. The summed E-state index contributed by atoms with van der Waals surface area (Å²) in [5.74, 6) is 1.42. The second kappa shape index (κ2) is 8.73. The third kappa shape index (κ3) is 6.23. The van der Waals surface area contributed by atoms with E-state index in [0.29, 0.717) is 30.2 Å². The van der Waals surface area contributed by atoms with E-state index in [9.17, 15) is 8.42 Å². The molecule has 7 heteroatoms. The predicted octanol–water partition coefficient (Wildman–Crippen LogP) is 3.07. The van der Waals surface area contributed by atoms with Gasteiger partial charge >= 0.3 is 0 Å². The highest BCUT2D eigenvalue weighted by atomic mass is 32.2. The molecule has 2 N–H and O–H groups in total. The Kier molecular flexibility index (Phi) is 6.86. The standard InChI is InChI=1S/C20H28N2O4S/c1-20(2,3)22-27(23,24)19-9-7-6-8-16(19)14-21-13-15-10-17(25-4)12-18(11-15)26-5/h6-12,21-22H,13-14H2,1-5H3. The molecule has 0 fully saturated rings. The zero-order valence-electron chi connectivity index (χ0n) is 16.5. The monoisotopic (exact) mass is 392 g/mol. The molecule has 2 rings (SSSR count). The molecule has 0 saturated carbocycles. The van der Waals surface area contributed by atoms with Gasteiger partial charge in [-0.2, -0.15) is 0 Å². The summed E-state index contributed by atoms with van der Waals surface area (Å²) in [7, 11) is -0.382. The van der Waals surface area contributed by atoms with Crippen molar-refractivity contribution >= 4 is 10.0 Å². The average molecular weight is 393 g/mol. The van der Waals surface area contributed by atoms with Crippen LogP contribution < -0.4 is 19.5 Å². The Morgan fingerprint density at radius 3 is 2.07 bits per heavy atom. The van der Waals surface area contributed by atoms with Crippen molar-refractivity contribution in [2.75, 3.05) is 14.2 Å². The highest BCUT2D eigenvalue weighted by Crippen LogP contribution is 2.23. The Bertz CT molecular complexity index is 852. The van der Waals surface area contributed by atoms with Gasteiger partial charge in [0.1, 0.15) is 11.5 Å². The quantitative estimate of drug-likeness (QED) is 0.722. The van der Waals surface area contributed by atoms with E-state index in [1.807, 2.05) is 51.1 Å². The van der Waals surface area contributed by atoms with Gasteiger partial charge in [0, 0.05) is 24.7 Å². The molecule has 0 bridgehead atoms.